The monoisotopic (exact) mass is 1200 g/mol. The predicted molar refractivity (Wildman–Crippen MR) is 397 cm³/mol. The summed E-state index contributed by atoms with van der Waals surface area (Å²) in [6.45, 7) is 23.8. The van der Waals surface area contributed by atoms with Crippen molar-refractivity contribution in [3.63, 3.8) is 0 Å². The summed E-state index contributed by atoms with van der Waals surface area (Å²) in [6.07, 6.45) is 0. The molecule has 0 bridgehead atoms. The molecule has 0 saturated heterocycles. The second kappa shape index (κ2) is 20.5. The highest BCUT2D eigenvalue weighted by Gasteiger charge is 2.39. The number of anilines is 6. The molecule has 17 rings (SSSR count). The number of rotatable bonds is 8. The number of hydrogen-bond donors (Lipinski definition) is 0. The van der Waals surface area contributed by atoms with E-state index in [0.29, 0.717) is 0 Å². The van der Waals surface area contributed by atoms with Crippen LogP contribution in [0.2, 0.25) is 0 Å². The van der Waals surface area contributed by atoms with E-state index in [2.05, 4.69) is 346 Å². The Morgan fingerprint density at radius 3 is 0.978 bits per heavy atom. The molecule has 0 aliphatic heterocycles. The van der Waals surface area contributed by atoms with E-state index in [1.54, 1.807) is 0 Å². The van der Waals surface area contributed by atoms with Crippen molar-refractivity contribution in [1.29, 1.82) is 0 Å². The van der Waals surface area contributed by atoms with Gasteiger partial charge in [-0.1, -0.05) is 227 Å². The van der Waals surface area contributed by atoms with E-state index < -0.39 is 0 Å². The van der Waals surface area contributed by atoms with Crippen molar-refractivity contribution in [2.75, 3.05) is 9.80 Å². The van der Waals surface area contributed by atoms with Crippen molar-refractivity contribution in [1.82, 2.24) is 0 Å². The standard InChI is InChI=1S/C90H74N2O/c1-87(2,3)85-71-53-83-75(47-63(71)33-43-81(85)91(65-35-29-57(30-36-65)55-21-13-11-14-22-55)67-39-41-69-73-45-59-25-17-19-27-61(59)49-77(73)89(7,8)79(69)51-67)76-48-64-34-44-82(86(88(4,5)6)72(64)54-84(76)93-83)92(66-37-31-58(32-38-66)56-23-15-12-16-24-56)68-40-42-70-74-46-60-26-18-20-28-62(60)50-78(74)90(9,10)80(70)52-68/h11-54H,1-10H3. The van der Waals surface area contributed by atoms with Crippen LogP contribution in [0.15, 0.2) is 271 Å². The lowest BCUT2D eigenvalue weighted by molar-refractivity contribution is 0.596. The van der Waals surface area contributed by atoms with Gasteiger partial charge in [0.25, 0.3) is 0 Å². The fraction of sp³-hybridized carbons (Fsp3) is 0.156. The topological polar surface area (TPSA) is 19.6 Å². The lowest BCUT2D eigenvalue weighted by Gasteiger charge is -2.34. The Kier molecular flexibility index (Phi) is 12.5. The van der Waals surface area contributed by atoms with Crippen LogP contribution in [0.1, 0.15) is 103 Å². The highest BCUT2D eigenvalue weighted by molar-refractivity contribution is 6.15. The normalized spacial score (nSPS) is 13.9. The molecule has 0 N–H and O–H groups in total. The van der Waals surface area contributed by atoms with Crippen molar-refractivity contribution in [2.24, 2.45) is 0 Å². The minimum absolute atomic E-state index is 0.213. The summed E-state index contributed by atoms with van der Waals surface area (Å²) >= 11 is 0. The fourth-order valence-electron chi connectivity index (χ4n) is 16.2. The molecule has 0 radical (unpaired) electrons. The molecule has 0 amide bonds. The zero-order valence-electron chi connectivity index (χ0n) is 54.7. The van der Waals surface area contributed by atoms with Crippen LogP contribution in [-0.2, 0) is 21.7 Å². The van der Waals surface area contributed by atoms with Crippen LogP contribution in [0.4, 0.5) is 34.1 Å². The van der Waals surface area contributed by atoms with E-state index in [0.717, 1.165) is 56.1 Å². The van der Waals surface area contributed by atoms with Crippen molar-refractivity contribution in [3.05, 3.63) is 300 Å². The van der Waals surface area contributed by atoms with Crippen LogP contribution in [0.5, 0.6) is 0 Å². The number of benzene rings is 14. The molecule has 3 nitrogen and oxygen atoms in total. The van der Waals surface area contributed by atoms with Crippen LogP contribution in [0.3, 0.4) is 0 Å². The highest BCUT2D eigenvalue weighted by Crippen LogP contribution is 2.56. The molecule has 450 valence electrons. The van der Waals surface area contributed by atoms with Crippen molar-refractivity contribution in [2.45, 2.75) is 90.9 Å². The molecule has 1 heterocycles. The van der Waals surface area contributed by atoms with Gasteiger partial charge in [-0.2, -0.15) is 0 Å². The van der Waals surface area contributed by atoms with Gasteiger partial charge in [-0.05, 0) is 241 Å². The lowest BCUT2D eigenvalue weighted by atomic mass is 9.80. The smallest absolute Gasteiger partial charge is 0.136 e. The van der Waals surface area contributed by atoms with Gasteiger partial charge in [0.15, 0.2) is 0 Å². The molecule has 0 atom stereocenters. The number of fused-ring (bicyclic) bond motifs is 13. The molecule has 2 aliphatic rings. The Labute approximate surface area is 545 Å². The maximum absolute atomic E-state index is 7.29. The van der Waals surface area contributed by atoms with Gasteiger partial charge < -0.3 is 14.2 Å². The first kappa shape index (κ1) is 56.5. The molecule has 93 heavy (non-hydrogen) atoms. The Balaban J connectivity index is 0.828. The predicted octanol–water partition coefficient (Wildman–Crippen LogP) is 25.7. The van der Waals surface area contributed by atoms with Gasteiger partial charge in [-0.3, -0.25) is 0 Å². The van der Waals surface area contributed by atoms with Crippen LogP contribution in [-0.4, -0.2) is 0 Å². The molecule has 0 fully saturated rings. The van der Waals surface area contributed by atoms with Crippen LogP contribution < -0.4 is 9.80 Å². The molecule has 3 heteroatoms. The maximum Gasteiger partial charge on any atom is 0.136 e. The first-order valence-electron chi connectivity index (χ1n) is 33.0. The third-order valence-electron chi connectivity index (χ3n) is 20.7. The zero-order chi connectivity index (χ0) is 63.4. The first-order chi connectivity index (χ1) is 44.8. The second-order valence-corrected chi connectivity index (χ2v) is 29.4. The van der Waals surface area contributed by atoms with Crippen molar-refractivity contribution < 1.29 is 4.42 Å². The van der Waals surface area contributed by atoms with E-state index in [4.69, 9.17) is 4.42 Å². The Bertz CT molecular complexity index is 5210. The Hall–Kier alpha value is -10.5. The number of hydrogen-bond acceptors (Lipinski definition) is 3. The van der Waals surface area contributed by atoms with Gasteiger partial charge in [0.05, 0.1) is 11.4 Å². The molecular weight excluding hydrogens is 1130 g/mol. The summed E-state index contributed by atoms with van der Waals surface area (Å²) in [5.74, 6) is 0. The summed E-state index contributed by atoms with van der Waals surface area (Å²) in [4.78, 5) is 5.02. The third kappa shape index (κ3) is 8.99. The SMILES string of the molecule is CC(C)(C)c1c(N(c2ccc(-c3ccccc3)cc2)c2ccc3c(c2)C(C)(C)c2cc4ccccc4cc2-3)ccc2cc3c(cc12)oc1cc2c(C(C)(C)C)c(N(c4ccc(-c5ccccc5)cc4)c4ccc5c(c4)C(C)(C)c4cc6ccccc6cc4-5)ccc2cc13. The molecule has 1 aromatic heterocycles. The van der Waals surface area contributed by atoms with Crippen molar-refractivity contribution >= 4 is 99.2 Å². The van der Waals surface area contributed by atoms with Gasteiger partial charge >= 0.3 is 0 Å². The number of furan rings is 1. The van der Waals surface area contributed by atoms with Crippen LogP contribution in [0, 0.1) is 0 Å². The van der Waals surface area contributed by atoms with Gasteiger partial charge in [0.1, 0.15) is 11.2 Å². The summed E-state index contributed by atoms with van der Waals surface area (Å²) in [7, 11) is 0. The molecule has 15 aromatic rings. The minimum atomic E-state index is -0.281. The van der Waals surface area contributed by atoms with Gasteiger partial charge in [0.2, 0.25) is 0 Å². The lowest BCUT2D eigenvalue weighted by Crippen LogP contribution is -2.20. The quantitative estimate of drug-likeness (QED) is 0.151. The minimum Gasteiger partial charge on any atom is -0.456 e. The molecule has 2 aliphatic carbocycles. The van der Waals surface area contributed by atoms with Crippen LogP contribution in [0.25, 0.3) is 110 Å². The molecular formula is C90H74N2O. The van der Waals surface area contributed by atoms with E-state index in [1.807, 2.05) is 0 Å². The largest absolute Gasteiger partial charge is 0.456 e. The van der Waals surface area contributed by atoms with Gasteiger partial charge in [-0.15, -0.1) is 0 Å². The van der Waals surface area contributed by atoms with E-state index in [9.17, 15) is 0 Å². The zero-order valence-corrected chi connectivity index (χ0v) is 54.7. The van der Waals surface area contributed by atoms with E-state index >= 15 is 0 Å². The van der Waals surface area contributed by atoms with Crippen LogP contribution >= 0.6 is 0 Å². The third-order valence-corrected chi connectivity index (χ3v) is 20.7. The number of nitrogens with zero attached hydrogens (tertiary/aromatic N) is 2. The molecule has 0 spiro atoms. The summed E-state index contributed by atoms with van der Waals surface area (Å²) in [6, 6.07) is 100. The average Bonchev–Trinajstić information content (AvgIpc) is 1.68. The van der Waals surface area contributed by atoms with E-state index in [-0.39, 0.29) is 21.7 Å². The summed E-state index contributed by atoms with van der Waals surface area (Å²) in [5, 5.41) is 12.1. The maximum atomic E-state index is 7.29. The second-order valence-electron chi connectivity index (χ2n) is 29.4. The molecule has 14 aromatic carbocycles. The molecule has 0 saturated carbocycles. The summed E-state index contributed by atoms with van der Waals surface area (Å²) < 4.78 is 7.29. The van der Waals surface area contributed by atoms with Gasteiger partial charge in [-0.25, -0.2) is 0 Å². The first-order valence-corrected chi connectivity index (χ1v) is 33.0. The Morgan fingerprint density at radius 1 is 0.269 bits per heavy atom. The highest BCUT2D eigenvalue weighted by atomic mass is 16.3. The molecule has 0 unspecified atom stereocenters. The van der Waals surface area contributed by atoms with E-state index in [1.165, 1.54) is 121 Å². The Morgan fingerprint density at radius 2 is 0.602 bits per heavy atom. The average molecular weight is 1200 g/mol. The van der Waals surface area contributed by atoms with Crippen molar-refractivity contribution in [3.8, 4) is 44.5 Å². The fourth-order valence-corrected chi connectivity index (χ4v) is 16.2. The summed E-state index contributed by atoms with van der Waals surface area (Å²) in [5.41, 5.74) is 25.5. The van der Waals surface area contributed by atoms with Gasteiger partial charge in [0, 0.05) is 44.4 Å².